The average Bonchev–Trinajstić information content (AvgIpc) is 2.55. The quantitative estimate of drug-likeness (QED) is 0.819. The summed E-state index contributed by atoms with van der Waals surface area (Å²) < 4.78 is 5.10. The van der Waals surface area contributed by atoms with Crippen molar-refractivity contribution in [1.29, 1.82) is 0 Å². The predicted molar refractivity (Wildman–Crippen MR) is 89.1 cm³/mol. The molecule has 2 N–H and O–H groups in total. The van der Waals surface area contributed by atoms with Crippen molar-refractivity contribution in [2.75, 3.05) is 12.4 Å². The Balaban J connectivity index is 2.11. The number of aromatic carboxylic acids is 1. The number of ether oxygens (including phenoxy) is 1. The van der Waals surface area contributed by atoms with Crippen molar-refractivity contribution in [2.45, 2.75) is 0 Å². The maximum atomic E-state index is 11.9. The van der Waals surface area contributed by atoms with Gasteiger partial charge in [-0.25, -0.2) is 4.79 Å². The first-order valence-corrected chi connectivity index (χ1v) is 7.03. The van der Waals surface area contributed by atoms with Gasteiger partial charge >= 0.3 is 5.97 Å². The van der Waals surface area contributed by atoms with Gasteiger partial charge in [0.15, 0.2) is 0 Å². The van der Waals surface area contributed by atoms with Gasteiger partial charge in [-0.1, -0.05) is 23.7 Å². The lowest BCUT2D eigenvalue weighted by molar-refractivity contribution is -0.111. The number of hydrogen-bond donors (Lipinski definition) is 2. The zero-order valence-corrected chi connectivity index (χ0v) is 13.0. The molecule has 0 aliphatic heterocycles. The highest BCUT2D eigenvalue weighted by Gasteiger charge is 2.08. The van der Waals surface area contributed by atoms with Gasteiger partial charge in [-0.3, -0.25) is 4.79 Å². The Labute approximate surface area is 138 Å². The monoisotopic (exact) mass is 331 g/mol. The van der Waals surface area contributed by atoms with Gasteiger partial charge in [0.25, 0.3) is 0 Å². The number of amides is 1. The number of carboxylic acids is 1. The molecule has 2 rings (SSSR count). The number of carbonyl (C=O) groups excluding carboxylic acids is 1. The summed E-state index contributed by atoms with van der Waals surface area (Å²) in [5.41, 5.74) is 1.08. The van der Waals surface area contributed by atoms with Crippen LogP contribution >= 0.6 is 11.6 Å². The SMILES string of the molecule is COc1cccc(/C=C/C(=O)Nc2cc(C(=O)O)ccc2Cl)c1. The first-order valence-electron chi connectivity index (χ1n) is 6.65. The second-order valence-corrected chi connectivity index (χ2v) is 5.01. The first-order chi connectivity index (χ1) is 11.0. The number of rotatable bonds is 5. The van der Waals surface area contributed by atoms with Crippen molar-refractivity contribution in [3.8, 4) is 5.75 Å². The number of hydrogen-bond acceptors (Lipinski definition) is 3. The number of nitrogens with one attached hydrogen (secondary N) is 1. The molecule has 0 bridgehead atoms. The summed E-state index contributed by atoms with van der Waals surface area (Å²) in [6.07, 6.45) is 2.95. The molecular weight excluding hydrogens is 318 g/mol. The maximum Gasteiger partial charge on any atom is 0.335 e. The van der Waals surface area contributed by atoms with E-state index in [4.69, 9.17) is 21.4 Å². The fraction of sp³-hybridized carbons (Fsp3) is 0.0588. The summed E-state index contributed by atoms with van der Waals surface area (Å²) in [6, 6.07) is 11.3. The molecule has 0 saturated heterocycles. The fourth-order valence-electron chi connectivity index (χ4n) is 1.85. The van der Waals surface area contributed by atoms with Gasteiger partial charge in [0.05, 0.1) is 23.4 Å². The van der Waals surface area contributed by atoms with E-state index in [1.54, 1.807) is 25.3 Å². The van der Waals surface area contributed by atoms with E-state index in [2.05, 4.69) is 5.32 Å². The lowest BCUT2D eigenvalue weighted by atomic mass is 10.2. The van der Waals surface area contributed by atoms with E-state index in [0.717, 1.165) is 5.56 Å². The Kier molecular flexibility index (Phi) is 5.38. The van der Waals surface area contributed by atoms with Crippen LogP contribution in [-0.2, 0) is 4.79 Å². The molecule has 6 heteroatoms. The highest BCUT2D eigenvalue weighted by molar-refractivity contribution is 6.34. The zero-order chi connectivity index (χ0) is 16.8. The van der Waals surface area contributed by atoms with Gasteiger partial charge in [0.1, 0.15) is 5.75 Å². The largest absolute Gasteiger partial charge is 0.497 e. The Hall–Kier alpha value is -2.79. The Morgan fingerprint density at radius 3 is 2.70 bits per heavy atom. The number of carboxylic acid groups (broad SMARTS) is 1. The molecule has 2 aromatic rings. The zero-order valence-electron chi connectivity index (χ0n) is 12.2. The molecule has 0 aromatic heterocycles. The molecule has 0 spiro atoms. The van der Waals surface area contributed by atoms with E-state index < -0.39 is 11.9 Å². The third-order valence-electron chi connectivity index (χ3n) is 2.99. The number of anilines is 1. The molecule has 23 heavy (non-hydrogen) atoms. The summed E-state index contributed by atoms with van der Waals surface area (Å²) >= 11 is 5.95. The van der Waals surface area contributed by atoms with Gasteiger partial charge in [-0.05, 0) is 42.0 Å². The minimum Gasteiger partial charge on any atom is -0.497 e. The van der Waals surface area contributed by atoms with Crippen LogP contribution in [-0.4, -0.2) is 24.1 Å². The van der Waals surface area contributed by atoms with E-state index in [9.17, 15) is 9.59 Å². The number of carbonyl (C=O) groups is 2. The van der Waals surface area contributed by atoms with Crippen molar-refractivity contribution >= 4 is 35.2 Å². The van der Waals surface area contributed by atoms with Crippen LogP contribution in [0.1, 0.15) is 15.9 Å². The molecule has 1 amide bonds. The summed E-state index contributed by atoms with van der Waals surface area (Å²) in [6.45, 7) is 0. The van der Waals surface area contributed by atoms with Crippen LogP contribution in [0.25, 0.3) is 6.08 Å². The lowest BCUT2D eigenvalue weighted by Gasteiger charge is -2.06. The molecule has 0 aliphatic carbocycles. The minimum absolute atomic E-state index is 0.0430. The highest BCUT2D eigenvalue weighted by atomic mass is 35.5. The van der Waals surface area contributed by atoms with Gasteiger partial charge in [0, 0.05) is 6.08 Å². The summed E-state index contributed by atoms with van der Waals surface area (Å²) in [4.78, 5) is 22.9. The number of methoxy groups -OCH3 is 1. The minimum atomic E-state index is -1.09. The molecule has 0 saturated carbocycles. The van der Waals surface area contributed by atoms with E-state index in [0.29, 0.717) is 5.75 Å². The second-order valence-electron chi connectivity index (χ2n) is 4.60. The van der Waals surface area contributed by atoms with Crippen molar-refractivity contribution in [2.24, 2.45) is 0 Å². The summed E-state index contributed by atoms with van der Waals surface area (Å²) in [7, 11) is 1.56. The number of benzene rings is 2. The fourth-order valence-corrected chi connectivity index (χ4v) is 2.01. The molecule has 0 aliphatic rings. The third-order valence-corrected chi connectivity index (χ3v) is 3.32. The first kappa shape index (κ1) is 16.6. The van der Waals surface area contributed by atoms with Crippen molar-refractivity contribution in [3.63, 3.8) is 0 Å². The van der Waals surface area contributed by atoms with Crippen LogP contribution in [0, 0.1) is 0 Å². The van der Waals surface area contributed by atoms with E-state index >= 15 is 0 Å². The van der Waals surface area contributed by atoms with Gasteiger partial charge in [-0.15, -0.1) is 0 Å². The highest BCUT2D eigenvalue weighted by Crippen LogP contribution is 2.23. The van der Waals surface area contributed by atoms with E-state index in [-0.39, 0.29) is 16.3 Å². The van der Waals surface area contributed by atoms with Crippen LogP contribution in [0.3, 0.4) is 0 Å². The molecule has 0 heterocycles. The second kappa shape index (κ2) is 7.47. The Bertz CT molecular complexity index is 771. The summed E-state index contributed by atoms with van der Waals surface area (Å²) in [5, 5.41) is 11.8. The third kappa shape index (κ3) is 4.59. The van der Waals surface area contributed by atoms with Crippen LogP contribution < -0.4 is 10.1 Å². The smallest absolute Gasteiger partial charge is 0.335 e. The average molecular weight is 332 g/mol. The van der Waals surface area contributed by atoms with E-state index in [1.165, 1.54) is 24.3 Å². The molecule has 5 nitrogen and oxygen atoms in total. The Morgan fingerprint density at radius 1 is 1.22 bits per heavy atom. The molecule has 118 valence electrons. The van der Waals surface area contributed by atoms with E-state index in [1.807, 2.05) is 12.1 Å². The predicted octanol–water partition coefficient (Wildman–Crippen LogP) is 3.70. The van der Waals surface area contributed by atoms with Crippen LogP contribution in [0.2, 0.25) is 5.02 Å². The Morgan fingerprint density at radius 2 is 2.00 bits per heavy atom. The van der Waals surface area contributed by atoms with Crippen molar-refractivity contribution in [1.82, 2.24) is 0 Å². The van der Waals surface area contributed by atoms with Gasteiger partial charge in [0.2, 0.25) is 5.91 Å². The topological polar surface area (TPSA) is 75.6 Å². The lowest BCUT2D eigenvalue weighted by Crippen LogP contribution is -2.09. The molecule has 0 radical (unpaired) electrons. The normalized spacial score (nSPS) is 10.5. The number of halogens is 1. The summed E-state index contributed by atoms with van der Waals surface area (Å²) in [5.74, 6) is -0.828. The molecule has 2 aromatic carbocycles. The molecule has 0 fully saturated rings. The molecule has 0 atom stereocenters. The van der Waals surface area contributed by atoms with Crippen molar-refractivity contribution < 1.29 is 19.4 Å². The standard InChI is InChI=1S/C17H14ClNO4/c1-23-13-4-2-3-11(9-13)5-8-16(20)19-15-10-12(17(21)22)6-7-14(15)18/h2-10H,1H3,(H,19,20)(H,21,22)/b8-5+. The van der Waals surface area contributed by atoms with Crippen LogP contribution in [0.5, 0.6) is 5.75 Å². The van der Waals surface area contributed by atoms with Gasteiger partial charge in [-0.2, -0.15) is 0 Å². The van der Waals surface area contributed by atoms with Gasteiger partial charge < -0.3 is 15.2 Å². The van der Waals surface area contributed by atoms with Crippen LogP contribution in [0.15, 0.2) is 48.5 Å². The van der Waals surface area contributed by atoms with Crippen molar-refractivity contribution in [3.05, 3.63) is 64.7 Å². The molecular formula is C17H14ClNO4. The maximum absolute atomic E-state index is 11.9. The van der Waals surface area contributed by atoms with Crippen LogP contribution in [0.4, 0.5) is 5.69 Å². The molecule has 0 unspecified atom stereocenters.